The second-order valence-electron chi connectivity index (χ2n) is 6.55. The van der Waals surface area contributed by atoms with Gasteiger partial charge in [0.2, 0.25) is 0 Å². The van der Waals surface area contributed by atoms with Crippen molar-refractivity contribution < 1.29 is 24.2 Å². The predicted octanol–water partition coefficient (Wildman–Crippen LogP) is 4.32. The van der Waals surface area contributed by atoms with Gasteiger partial charge in [0.25, 0.3) is 0 Å². The molecule has 0 aliphatic heterocycles. The highest BCUT2D eigenvalue weighted by Gasteiger charge is 2.12. The number of carbonyl (C=O) groups is 2. The SMILES string of the molecule is CC(=O)Oc1ccc(CC[C@@H](O)CC/C=C/c2ccccc2)cc1OC(C)=O. The van der Waals surface area contributed by atoms with Crippen LogP contribution in [-0.2, 0) is 16.0 Å². The van der Waals surface area contributed by atoms with Crippen molar-refractivity contribution in [1.82, 2.24) is 0 Å². The minimum absolute atomic E-state index is 0.207. The van der Waals surface area contributed by atoms with Gasteiger partial charge in [0, 0.05) is 13.8 Å². The minimum Gasteiger partial charge on any atom is -0.423 e. The standard InChI is InChI=1S/C23H26O5/c1-17(24)27-22-15-13-20(16-23(22)28-18(2)25)12-14-21(26)11-7-6-10-19-8-4-3-5-9-19/h3-6,8-10,13,15-16,21,26H,7,11-12,14H2,1-2H3/b10-6+/t21-/m0/s1. The highest BCUT2D eigenvalue weighted by molar-refractivity contribution is 5.73. The highest BCUT2D eigenvalue weighted by atomic mass is 16.6. The Morgan fingerprint density at radius 1 is 0.964 bits per heavy atom. The van der Waals surface area contributed by atoms with E-state index >= 15 is 0 Å². The molecule has 5 nitrogen and oxygen atoms in total. The zero-order chi connectivity index (χ0) is 20.4. The molecule has 2 aromatic rings. The number of esters is 2. The Bertz CT molecular complexity index is 811. The van der Waals surface area contributed by atoms with Gasteiger partial charge < -0.3 is 14.6 Å². The normalized spacial score (nSPS) is 12.0. The van der Waals surface area contributed by atoms with Gasteiger partial charge >= 0.3 is 11.9 Å². The van der Waals surface area contributed by atoms with E-state index in [0.717, 1.165) is 17.5 Å². The van der Waals surface area contributed by atoms with Crippen LogP contribution in [0.4, 0.5) is 0 Å². The molecular formula is C23H26O5. The monoisotopic (exact) mass is 382 g/mol. The molecule has 0 aromatic heterocycles. The average Bonchev–Trinajstić information content (AvgIpc) is 2.65. The van der Waals surface area contributed by atoms with Gasteiger partial charge in [0.05, 0.1) is 6.10 Å². The van der Waals surface area contributed by atoms with Crippen LogP contribution in [0, 0.1) is 0 Å². The summed E-state index contributed by atoms with van der Waals surface area (Å²) in [6.07, 6.45) is 6.36. The van der Waals surface area contributed by atoms with Gasteiger partial charge in [-0.05, 0) is 48.9 Å². The maximum Gasteiger partial charge on any atom is 0.308 e. The molecule has 0 amide bonds. The fraction of sp³-hybridized carbons (Fsp3) is 0.304. The minimum atomic E-state index is -0.490. The van der Waals surface area contributed by atoms with Crippen molar-refractivity contribution in [3.05, 3.63) is 65.7 Å². The van der Waals surface area contributed by atoms with Crippen molar-refractivity contribution in [2.45, 2.75) is 45.6 Å². The number of hydrogen-bond acceptors (Lipinski definition) is 5. The molecule has 0 aliphatic rings. The van der Waals surface area contributed by atoms with Crippen LogP contribution in [0.1, 0.15) is 44.2 Å². The van der Waals surface area contributed by atoms with E-state index in [1.165, 1.54) is 13.8 Å². The molecule has 0 bridgehead atoms. The van der Waals surface area contributed by atoms with E-state index in [2.05, 4.69) is 6.08 Å². The number of aryl methyl sites for hydroxylation is 1. The molecule has 5 heteroatoms. The lowest BCUT2D eigenvalue weighted by Gasteiger charge is -2.12. The van der Waals surface area contributed by atoms with Gasteiger partial charge in [-0.3, -0.25) is 9.59 Å². The first-order valence-electron chi connectivity index (χ1n) is 9.33. The number of carbonyl (C=O) groups excluding carboxylic acids is 2. The van der Waals surface area contributed by atoms with E-state index in [-0.39, 0.29) is 11.5 Å². The highest BCUT2D eigenvalue weighted by Crippen LogP contribution is 2.29. The third kappa shape index (κ3) is 7.76. The molecule has 2 rings (SSSR count). The molecule has 0 aliphatic carbocycles. The molecular weight excluding hydrogens is 356 g/mol. The van der Waals surface area contributed by atoms with Crippen molar-refractivity contribution in [2.24, 2.45) is 0 Å². The quantitative estimate of drug-likeness (QED) is 0.516. The summed E-state index contributed by atoms with van der Waals surface area (Å²) in [5, 5.41) is 10.2. The topological polar surface area (TPSA) is 72.8 Å². The Morgan fingerprint density at radius 3 is 2.32 bits per heavy atom. The largest absolute Gasteiger partial charge is 0.423 e. The number of aliphatic hydroxyl groups is 1. The molecule has 0 saturated carbocycles. The third-order valence-corrected chi connectivity index (χ3v) is 4.06. The molecule has 0 heterocycles. The van der Waals surface area contributed by atoms with Crippen LogP contribution in [0.2, 0.25) is 0 Å². The first kappa shape index (κ1) is 21.4. The van der Waals surface area contributed by atoms with Crippen molar-refractivity contribution in [1.29, 1.82) is 0 Å². The Labute approximate surface area is 165 Å². The van der Waals surface area contributed by atoms with E-state index < -0.39 is 18.0 Å². The van der Waals surface area contributed by atoms with E-state index in [9.17, 15) is 14.7 Å². The molecule has 1 atom stereocenters. The lowest BCUT2D eigenvalue weighted by Crippen LogP contribution is -2.09. The number of benzene rings is 2. The molecule has 0 radical (unpaired) electrons. The predicted molar refractivity (Wildman–Crippen MR) is 108 cm³/mol. The summed E-state index contributed by atoms with van der Waals surface area (Å²) in [5.41, 5.74) is 2.04. The van der Waals surface area contributed by atoms with Crippen LogP contribution in [0.25, 0.3) is 6.08 Å². The van der Waals surface area contributed by atoms with Crippen LogP contribution >= 0.6 is 0 Å². The van der Waals surface area contributed by atoms with Crippen molar-refractivity contribution >= 4 is 18.0 Å². The number of allylic oxidation sites excluding steroid dienone is 1. The van der Waals surface area contributed by atoms with Crippen LogP contribution in [0.3, 0.4) is 0 Å². The lowest BCUT2D eigenvalue weighted by molar-refractivity contribution is -0.134. The fourth-order valence-electron chi connectivity index (χ4n) is 2.73. The van der Waals surface area contributed by atoms with Gasteiger partial charge in [0.1, 0.15) is 0 Å². The molecule has 0 spiro atoms. The van der Waals surface area contributed by atoms with E-state index in [0.29, 0.717) is 19.3 Å². The van der Waals surface area contributed by atoms with E-state index in [1.807, 2.05) is 36.4 Å². The van der Waals surface area contributed by atoms with Gasteiger partial charge in [-0.2, -0.15) is 0 Å². The molecule has 148 valence electrons. The zero-order valence-corrected chi connectivity index (χ0v) is 16.3. The van der Waals surface area contributed by atoms with Crippen LogP contribution in [-0.4, -0.2) is 23.1 Å². The van der Waals surface area contributed by atoms with Crippen molar-refractivity contribution in [3.8, 4) is 11.5 Å². The van der Waals surface area contributed by atoms with Gasteiger partial charge in [-0.1, -0.05) is 48.6 Å². The first-order chi connectivity index (χ1) is 13.4. The van der Waals surface area contributed by atoms with Crippen molar-refractivity contribution in [3.63, 3.8) is 0 Å². The molecule has 0 unspecified atom stereocenters. The van der Waals surface area contributed by atoms with E-state index in [4.69, 9.17) is 9.47 Å². The Balaban J connectivity index is 1.85. The summed E-state index contributed by atoms with van der Waals surface area (Å²) in [6.45, 7) is 2.57. The average molecular weight is 382 g/mol. The van der Waals surface area contributed by atoms with Crippen LogP contribution in [0.15, 0.2) is 54.6 Å². The number of hydrogen-bond donors (Lipinski definition) is 1. The van der Waals surface area contributed by atoms with Gasteiger partial charge in [-0.15, -0.1) is 0 Å². The third-order valence-electron chi connectivity index (χ3n) is 4.06. The summed E-state index contributed by atoms with van der Waals surface area (Å²) >= 11 is 0. The van der Waals surface area contributed by atoms with E-state index in [1.54, 1.807) is 18.2 Å². The summed E-state index contributed by atoms with van der Waals surface area (Å²) in [5.74, 6) is -0.561. The zero-order valence-electron chi connectivity index (χ0n) is 16.3. The Hall–Kier alpha value is -2.92. The maximum absolute atomic E-state index is 11.3. The molecule has 2 aromatic carbocycles. The van der Waals surface area contributed by atoms with Crippen molar-refractivity contribution in [2.75, 3.05) is 0 Å². The van der Waals surface area contributed by atoms with Gasteiger partial charge in [-0.25, -0.2) is 0 Å². The second-order valence-corrected chi connectivity index (χ2v) is 6.55. The number of ether oxygens (including phenoxy) is 2. The lowest BCUT2D eigenvalue weighted by atomic mass is 10.0. The molecule has 1 N–H and O–H groups in total. The van der Waals surface area contributed by atoms with Crippen LogP contribution in [0.5, 0.6) is 11.5 Å². The second kappa shape index (κ2) is 11.0. The summed E-state index contributed by atoms with van der Waals surface area (Å²) < 4.78 is 10.2. The molecule has 28 heavy (non-hydrogen) atoms. The smallest absolute Gasteiger partial charge is 0.308 e. The first-order valence-corrected chi connectivity index (χ1v) is 9.33. The molecule has 0 fully saturated rings. The van der Waals surface area contributed by atoms with Crippen LogP contribution < -0.4 is 9.47 Å². The maximum atomic E-state index is 11.3. The summed E-state index contributed by atoms with van der Waals surface area (Å²) in [7, 11) is 0. The Kier molecular flexibility index (Phi) is 8.43. The van der Waals surface area contributed by atoms with Gasteiger partial charge in [0.15, 0.2) is 11.5 Å². The fourth-order valence-corrected chi connectivity index (χ4v) is 2.73. The summed E-state index contributed by atoms with van der Waals surface area (Å²) in [4.78, 5) is 22.4. The Morgan fingerprint density at radius 2 is 1.64 bits per heavy atom. The summed E-state index contributed by atoms with van der Waals surface area (Å²) in [6, 6.07) is 15.1. The number of aliphatic hydroxyl groups excluding tert-OH is 1. The molecule has 0 saturated heterocycles. The number of rotatable bonds is 9.